The van der Waals surface area contributed by atoms with Crippen LogP contribution in [0.25, 0.3) is 0 Å². The highest BCUT2D eigenvalue weighted by Gasteiger charge is 1.96. The predicted molar refractivity (Wildman–Crippen MR) is 146 cm³/mol. The molecule has 0 aliphatic heterocycles. The molecule has 0 saturated carbocycles. The number of likely N-dealkylation sites (N-methyl/N-ethyl adjacent to an activating group) is 1. The molecular formula is C27H53NO11. The maximum absolute atomic E-state index is 5.46. The van der Waals surface area contributed by atoms with Gasteiger partial charge in [-0.1, -0.05) is 5.92 Å². The molecule has 0 saturated heterocycles. The summed E-state index contributed by atoms with van der Waals surface area (Å²) in [5.41, 5.74) is 0. The van der Waals surface area contributed by atoms with E-state index in [1.54, 1.807) is 0 Å². The van der Waals surface area contributed by atoms with Crippen LogP contribution in [-0.4, -0.2) is 171 Å². The second-order valence-electron chi connectivity index (χ2n) is 8.18. The Morgan fingerprint density at radius 2 is 0.564 bits per heavy atom. The van der Waals surface area contributed by atoms with Gasteiger partial charge >= 0.3 is 0 Å². The van der Waals surface area contributed by atoms with E-state index >= 15 is 0 Å². The Labute approximate surface area is 235 Å². The molecule has 0 heterocycles. The fourth-order valence-electron chi connectivity index (χ4n) is 2.58. The molecule has 0 amide bonds. The fraction of sp³-hybridized carbons (Fsp3) is 0.926. The van der Waals surface area contributed by atoms with Gasteiger partial charge in [-0.15, -0.1) is 6.42 Å². The van der Waals surface area contributed by atoms with E-state index in [9.17, 15) is 0 Å². The molecule has 0 spiro atoms. The van der Waals surface area contributed by atoms with E-state index in [0.717, 1.165) is 13.2 Å². The molecule has 0 aliphatic carbocycles. The van der Waals surface area contributed by atoms with Gasteiger partial charge in [-0.05, 0) is 14.1 Å². The third-order valence-electron chi connectivity index (χ3n) is 4.59. The summed E-state index contributed by atoms with van der Waals surface area (Å²) in [5, 5.41) is 0. The molecule has 0 aromatic rings. The lowest BCUT2D eigenvalue weighted by Gasteiger charge is -2.10. The molecule has 0 aromatic carbocycles. The molecule has 0 radical (unpaired) electrons. The van der Waals surface area contributed by atoms with Gasteiger partial charge in [0.15, 0.2) is 0 Å². The Balaban J connectivity index is 3.03. The minimum atomic E-state index is 0.310. The van der Waals surface area contributed by atoms with Gasteiger partial charge in [0.05, 0.1) is 139 Å². The average molecular weight is 568 g/mol. The number of hydrogen-bond donors (Lipinski definition) is 0. The van der Waals surface area contributed by atoms with Crippen molar-refractivity contribution in [3.63, 3.8) is 0 Å². The maximum atomic E-state index is 5.46. The molecule has 0 bridgehead atoms. The normalized spacial score (nSPS) is 11.4. The number of nitrogens with zero attached hydrogens (tertiary/aromatic N) is 1. The molecule has 12 nitrogen and oxygen atoms in total. The largest absolute Gasteiger partial charge is 0.378 e. The number of rotatable bonds is 34. The lowest BCUT2D eigenvalue weighted by molar-refractivity contribution is -0.0273. The van der Waals surface area contributed by atoms with Crippen LogP contribution in [0, 0.1) is 12.3 Å². The van der Waals surface area contributed by atoms with Gasteiger partial charge in [0.2, 0.25) is 0 Å². The molecule has 0 aliphatic rings. The van der Waals surface area contributed by atoms with Crippen LogP contribution in [0.3, 0.4) is 0 Å². The van der Waals surface area contributed by atoms with E-state index in [2.05, 4.69) is 10.8 Å². The van der Waals surface area contributed by atoms with E-state index in [4.69, 9.17) is 58.5 Å². The summed E-state index contributed by atoms with van der Waals surface area (Å²) < 4.78 is 59.4. The molecular weight excluding hydrogens is 514 g/mol. The number of hydrogen-bond acceptors (Lipinski definition) is 12. The van der Waals surface area contributed by atoms with Gasteiger partial charge in [0, 0.05) is 6.54 Å². The lowest BCUT2D eigenvalue weighted by Crippen LogP contribution is -2.19. The Morgan fingerprint density at radius 1 is 0.359 bits per heavy atom. The first kappa shape index (κ1) is 38.1. The minimum absolute atomic E-state index is 0.310. The van der Waals surface area contributed by atoms with Crippen LogP contribution in [0.15, 0.2) is 0 Å². The van der Waals surface area contributed by atoms with Crippen molar-refractivity contribution in [2.45, 2.75) is 0 Å². The quantitative estimate of drug-likeness (QED) is 0.0792. The van der Waals surface area contributed by atoms with Gasteiger partial charge in [-0.2, -0.15) is 0 Å². The number of ether oxygens (including phenoxy) is 11. The second kappa shape index (κ2) is 35.1. The summed E-state index contributed by atoms with van der Waals surface area (Å²) >= 11 is 0. The van der Waals surface area contributed by atoms with Gasteiger partial charge in [0.25, 0.3) is 0 Å². The Kier molecular flexibility index (Phi) is 34.3. The van der Waals surface area contributed by atoms with Crippen molar-refractivity contribution in [2.75, 3.05) is 166 Å². The molecule has 232 valence electrons. The summed E-state index contributed by atoms with van der Waals surface area (Å²) in [6.07, 6.45) is 5.07. The van der Waals surface area contributed by atoms with E-state index in [1.807, 2.05) is 14.1 Å². The highest BCUT2D eigenvalue weighted by molar-refractivity contribution is 4.82. The summed E-state index contributed by atoms with van der Waals surface area (Å²) in [6, 6.07) is 0. The Hall–Kier alpha value is -0.920. The van der Waals surface area contributed by atoms with Crippen LogP contribution in [-0.2, 0) is 52.1 Å². The average Bonchev–Trinajstić information content (AvgIpc) is 2.93. The zero-order chi connectivity index (χ0) is 28.3. The van der Waals surface area contributed by atoms with Crippen molar-refractivity contribution < 1.29 is 52.1 Å². The van der Waals surface area contributed by atoms with Crippen LogP contribution in [0.1, 0.15) is 0 Å². The lowest BCUT2D eigenvalue weighted by atomic mass is 10.6. The SMILES string of the molecule is C#CCOCCOCCOCCOCCOCCOCCOCCOCCOCCOCCOCCN(C)C. The fourth-order valence-corrected chi connectivity index (χ4v) is 2.58. The second-order valence-corrected chi connectivity index (χ2v) is 8.18. The highest BCUT2D eigenvalue weighted by atomic mass is 16.6. The van der Waals surface area contributed by atoms with E-state index in [-0.39, 0.29) is 0 Å². The van der Waals surface area contributed by atoms with Gasteiger partial charge < -0.3 is 57.0 Å². The molecule has 12 heteroatoms. The summed E-state index contributed by atoms with van der Waals surface area (Å²) in [4.78, 5) is 2.08. The zero-order valence-electron chi connectivity index (χ0n) is 24.3. The van der Waals surface area contributed by atoms with Crippen LogP contribution in [0.4, 0.5) is 0 Å². The van der Waals surface area contributed by atoms with Crippen LogP contribution < -0.4 is 0 Å². The maximum Gasteiger partial charge on any atom is 0.107 e. The Morgan fingerprint density at radius 3 is 0.769 bits per heavy atom. The summed E-state index contributed by atoms with van der Waals surface area (Å²) in [7, 11) is 4.04. The molecule has 0 aromatic heterocycles. The standard InChI is InChI=1S/C27H53NO11/c1-4-6-29-8-10-31-12-14-33-16-18-35-20-22-37-24-26-39-27-25-38-23-21-36-19-17-34-15-13-32-11-9-30-7-5-28(2)3/h1H,5-27H2,2-3H3. The molecule has 0 fully saturated rings. The van der Waals surface area contributed by atoms with E-state index in [0.29, 0.717) is 139 Å². The smallest absolute Gasteiger partial charge is 0.107 e. The zero-order valence-corrected chi connectivity index (χ0v) is 24.3. The minimum Gasteiger partial charge on any atom is -0.378 e. The van der Waals surface area contributed by atoms with Gasteiger partial charge in [-0.3, -0.25) is 0 Å². The molecule has 0 rings (SSSR count). The molecule has 39 heavy (non-hydrogen) atoms. The van der Waals surface area contributed by atoms with Crippen molar-refractivity contribution >= 4 is 0 Å². The van der Waals surface area contributed by atoms with Gasteiger partial charge in [0.1, 0.15) is 6.61 Å². The first-order valence-corrected chi connectivity index (χ1v) is 13.7. The Bertz CT molecular complexity index is 495. The van der Waals surface area contributed by atoms with Crippen molar-refractivity contribution in [3.05, 3.63) is 0 Å². The highest BCUT2D eigenvalue weighted by Crippen LogP contribution is 1.87. The van der Waals surface area contributed by atoms with E-state index in [1.165, 1.54) is 0 Å². The first-order valence-electron chi connectivity index (χ1n) is 13.7. The van der Waals surface area contributed by atoms with Crippen LogP contribution in [0.5, 0.6) is 0 Å². The van der Waals surface area contributed by atoms with Crippen molar-refractivity contribution in [1.82, 2.24) is 4.90 Å². The topological polar surface area (TPSA) is 105 Å². The number of terminal acetylenes is 1. The monoisotopic (exact) mass is 567 g/mol. The predicted octanol–water partition coefficient (Wildman–Crippen LogP) is 0.364. The van der Waals surface area contributed by atoms with Crippen molar-refractivity contribution in [1.29, 1.82) is 0 Å². The van der Waals surface area contributed by atoms with Gasteiger partial charge in [-0.25, -0.2) is 0 Å². The van der Waals surface area contributed by atoms with Crippen molar-refractivity contribution in [2.24, 2.45) is 0 Å². The van der Waals surface area contributed by atoms with Crippen LogP contribution >= 0.6 is 0 Å². The third-order valence-corrected chi connectivity index (χ3v) is 4.59. The summed E-state index contributed by atoms with van der Waals surface area (Å²) in [5.74, 6) is 2.40. The molecule has 0 N–H and O–H groups in total. The molecule has 0 unspecified atom stereocenters. The third kappa shape index (κ3) is 37.1. The summed E-state index contributed by atoms with van der Waals surface area (Å²) in [6.45, 7) is 12.5. The van der Waals surface area contributed by atoms with Crippen molar-refractivity contribution in [3.8, 4) is 12.3 Å². The van der Waals surface area contributed by atoms with E-state index < -0.39 is 0 Å². The first-order chi connectivity index (χ1) is 19.3. The van der Waals surface area contributed by atoms with Crippen LogP contribution in [0.2, 0.25) is 0 Å². The molecule has 0 atom stereocenters.